The third-order valence-corrected chi connectivity index (χ3v) is 5.41. The van der Waals surface area contributed by atoms with E-state index in [9.17, 15) is 14.4 Å². The first-order chi connectivity index (χ1) is 10.6. The largest absolute Gasteiger partial charge is 0.501 e. The van der Waals surface area contributed by atoms with Crippen molar-refractivity contribution in [3.8, 4) is 0 Å². The van der Waals surface area contributed by atoms with Crippen molar-refractivity contribution < 1.29 is 28.6 Å². The molecule has 22 heavy (non-hydrogen) atoms. The number of ketones is 1. The molecule has 2 saturated carbocycles. The lowest BCUT2D eigenvalue weighted by molar-refractivity contribution is -0.169. The molecule has 3 aliphatic rings. The van der Waals surface area contributed by atoms with E-state index in [1.807, 2.05) is 0 Å². The molecule has 1 aliphatic heterocycles. The summed E-state index contributed by atoms with van der Waals surface area (Å²) in [4.78, 5) is 37.9. The maximum Gasteiger partial charge on any atom is 0.317 e. The van der Waals surface area contributed by atoms with E-state index >= 15 is 0 Å². The van der Waals surface area contributed by atoms with Crippen molar-refractivity contribution >= 4 is 17.7 Å². The van der Waals surface area contributed by atoms with Gasteiger partial charge in [0.25, 0.3) is 0 Å². The minimum Gasteiger partial charge on any atom is -0.501 e. The highest BCUT2D eigenvalue weighted by atomic mass is 16.5. The molecule has 6 nitrogen and oxygen atoms in total. The van der Waals surface area contributed by atoms with Crippen molar-refractivity contribution in [3.05, 3.63) is 11.8 Å². The van der Waals surface area contributed by atoms with Gasteiger partial charge < -0.3 is 14.2 Å². The minimum absolute atomic E-state index is 0.0344. The Morgan fingerprint density at radius 3 is 2.68 bits per heavy atom. The molecular weight excluding hydrogens is 288 g/mol. The van der Waals surface area contributed by atoms with Gasteiger partial charge in [0, 0.05) is 18.3 Å². The number of fused-ring (bicyclic) bond motifs is 1. The van der Waals surface area contributed by atoms with E-state index < -0.39 is 29.2 Å². The molecule has 2 fully saturated rings. The molecule has 3 rings (SSSR count). The number of Topliss-reactive ketones (excluding diaryl/α,β-unsaturated/α-hetero) is 1. The van der Waals surface area contributed by atoms with Gasteiger partial charge in [0.1, 0.15) is 11.2 Å². The molecule has 0 aromatic carbocycles. The number of rotatable bonds is 2. The molecule has 1 heterocycles. The molecule has 0 N–H and O–H groups in total. The second kappa shape index (κ2) is 5.41. The SMILES string of the molecule is COC(=O)[C@H]1[C@H]2CCC(=O)[C@@H]3CCC(=COC2)[C@@]31C(=O)OC. The molecular formula is C16H20O6. The lowest BCUT2D eigenvalue weighted by Gasteiger charge is -2.38. The standard InChI is InChI=1S/C16H20O6/c1-20-14(18)13-9-3-6-12(17)11-5-4-10(8-22-7-9)16(11,13)15(19)21-2/h8-9,11,13H,3-7H2,1-2H3/t9-,11-,13+,16+/m0/s1. The van der Waals surface area contributed by atoms with Crippen LogP contribution >= 0.6 is 0 Å². The summed E-state index contributed by atoms with van der Waals surface area (Å²) in [5, 5.41) is 0. The Labute approximate surface area is 128 Å². The van der Waals surface area contributed by atoms with Crippen molar-refractivity contribution in [1.82, 2.24) is 0 Å². The Morgan fingerprint density at radius 1 is 1.23 bits per heavy atom. The molecule has 0 saturated heterocycles. The number of hydrogen-bond donors (Lipinski definition) is 0. The van der Waals surface area contributed by atoms with Gasteiger partial charge in [0.15, 0.2) is 0 Å². The van der Waals surface area contributed by atoms with Crippen molar-refractivity contribution in [2.75, 3.05) is 20.8 Å². The fourth-order valence-corrected chi connectivity index (χ4v) is 4.51. The van der Waals surface area contributed by atoms with Crippen LogP contribution in [0.1, 0.15) is 25.7 Å². The van der Waals surface area contributed by atoms with Gasteiger partial charge in [-0.05, 0) is 24.8 Å². The highest BCUT2D eigenvalue weighted by Gasteiger charge is 2.66. The number of carbonyl (C=O) groups excluding carboxylic acids is 3. The lowest BCUT2D eigenvalue weighted by Crippen LogP contribution is -2.50. The summed E-state index contributed by atoms with van der Waals surface area (Å²) in [5.74, 6) is -2.44. The molecule has 6 heteroatoms. The second-order valence-corrected chi connectivity index (χ2v) is 6.19. The molecule has 0 radical (unpaired) electrons. The van der Waals surface area contributed by atoms with Gasteiger partial charge in [-0.1, -0.05) is 0 Å². The van der Waals surface area contributed by atoms with E-state index in [0.29, 0.717) is 37.9 Å². The average Bonchev–Trinajstić information content (AvgIpc) is 2.74. The third-order valence-electron chi connectivity index (χ3n) is 5.41. The Balaban J connectivity index is 2.26. The van der Waals surface area contributed by atoms with Gasteiger partial charge in [-0.25, -0.2) is 0 Å². The predicted molar refractivity (Wildman–Crippen MR) is 74.4 cm³/mol. The van der Waals surface area contributed by atoms with Crippen LogP contribution in [-0.4, -0.2) is 38.5 Å². The zero-order valence-corrected chi connectivity index (χ0v) is 12.8. The highest BCUT2D eigenvalue weighted by molar-refractivity contribution is 5.97. The molecule has 0 aromatic heterocycles. The van der Waals surface area contributed by atoms with Crippen LogP contribution < -0.4 is 0 Å². The molecule has 0 amide bonds. The van der Waals surface area contributed by atoms with E-state index in [0.717, 1.165) is 0 Å². The number of esters is 2. The van der Waals surface area contributed by atoms with Crippen molar-refractivity contribution in [3.63, 3.8) is 0 Å². The van der Waals surface area contributed by atoms with Gasteiger partial charge in [0.05, 0.1) is 33.0 Å². The summed E-state index contributed by atoms with van der Waals surface area (Å²) in [6, 6.07) is 0. The van der Waals surface area contributed by atoms with Gasteiger partial charge in [-0.15, -0.1) is 0 Å². The molecule has 2 aliphatic carbocycles. The fraction of sp³-hybridized carbons (Fsp3) is 0.688. The van der Waals surface area contributed by atoms with Crippen molar-refractivity contribution in [1.29, 1.82) is 0 Å². The molecule has 0 unspecified atom stereocenters. The predicted octanol–water partition coefficient (Wildman–Crippen LogP) is 1.24. The van der Waals surface area contributed by atoms with Crippen LogP contribution in [0.3, 0.4) is 0 Å². The number of carbonyl (C=O) groups is 3. The summed E-state index contributed by atoms with van der Waals surface area (Å²) in [5.41, 5.74) is -0.561. The number of ether oxygens (including phenoxy) is 3. The first-order valence-electron chi connectivity index (χ1n) is 7.57. The van der Waals surface area contributed by atoms with E-state index in [-0.39, 0.29) is 11.7 Å². The van der Waals surface area contributed by atoms with Crippen LogP contribution in [0.2, 0.25) is 0 Å². The Hall–Kier alpha value is -1.85. The maximum absolute atomic E-state index is 12.8. The van der Waals surface area contributed by atoms with E-state index in [1.165, 1.54) is 14.2 Å². The molecule has 4 atom stereocenters. The van der Waals surface area contributed by atoms with E-state index in [4.69, 9.17) is 14.2 Å². The summed E-state index contributed by atoms with van der Waals surface area (Å²) in [6.07, 6.45) is 3.55. The first-order valence-corrected chi connectivity index (χ1v) is 7.57. The molecule has 0 aromatic rings. The van der Waals surface area contributed by atoms with Crippen LogP contribution in [0.25, 0.3) is 0 Å². The number of methoxy groups -OCH3 is 2. The van der Waals surface area contributed by atoms with Crippen molar-refractivity contribution in [2.24, 2.45) is 23.2 Å². The first kappa shape index (κ1) is 15.1. The Bertz CT molecular complexity index is 551. The van der Waals surface area contributed by atoms with Crippen LogP contribution in [0, 0.1) is 23.2 Å². The second-order valence-electron chi connectivity index (χ2n) is 6.19. The van der Waals surface area contributed by atoms with Crippen molar-refractivity contribution in [2.45, 2.75) is 25.7 Å². The van der Waals surface area contributed by atoms with Gasteiger partial charge >= 0.3 is 11.9 Å². The monoisotopic (exact) mass is 308 g/mol. The topological polar surface area (TPSA) is 78.9 Å². The molecule has 120 valence electrons. The van der Waals surface area contributed by atoms with E-state index in [1.54, 1.807) is 6.26 Å². The quantitative estimate of drug-likeness (QED) is 0.714. The Morgan fingerprint density at radius 2 is 2.00 bits per heavy atom. The number of hydrogen-bond acceptors (Lipinski definition) is 6. The van der Waals surface area contributed by atoms with Gasteiger partial charge in [0.2, 0.25) is 0 Å². The van der Waals surface area contributed by atoms with Gasteiger partial charge in [-0.2, -0.15) is 0 Å². The normalized spacial score (nSPS) is 36.5. The molecule has 2 bridgehead atoms. The average molecular weight is 308 g/mol. The fourth-order valence-electron chi connectivity index (χ4n) is 4.51. The smallest absolute Gasteiger partial charge is 0.317 e. The van der Waals surface area contributed by atoms with Crippen LogP contribution in [0.4, 0.5) is 0 Å². The summed E-state index contributed by atoms with van der Waals surface area (Å²) < 4.78 is 15.6. The lowest BCUT2D eigenvalue weighted by atomic mass is 9.62. The summed E-state index contributed by atoms with van der Waals surface area (Å²) in [6.45, 7) is 0.308. The van der Waals surface area contributed by atoms with E-state index in [2.05, 4.69) is 0 Å². The van der Waals surface area contributed by atoms with Crippen LogP contribution in [0.15, 0.2) is 11.8 Å². The highest BCUT2D eigenvalue weighted by Crippen LogP contribution is 2.59. The maximum atomic E-state index is 12.8. The van der Waals surface area contributed by atoms with Crippen LogP contribution in [0.5, 0.6) is 0 Å². The zero-order valence-electron chi connectivity index (χ0n) is 12.8. The third kappa shape index (κ3) is 1.82. The summed E-state index contributed by atoms with van der Waals surface area (Å²) in [7, 11) is 2.60. The van der Waals surface area contributed by atoms with Gasteiger partial charge in [-0.3, -0.25) is 14.4 Å². The Kier molecular flexibility index (Phi) is 3.70. The zero-order chi connectivity index (χ0) is 15.9. The summed E-state index contributed by atoms with van der Waals surface area (Å²) >= 11 is 0. The minimum atomic E-state index is -1.25. The molecule has 0 spiro atoms. The van der Waals surface area contributed by atoms with Crippen LogP contribution in [-0.2, 0) is 28.6 Å².